The minimum absolute atomic E-state index is 0.543. The molecule has 0 atom stereocenters. The lowest BCUT2D eigenvalue weighted by molar-refractivity contribution is 0.340. The van der Waals surface area contributed by atoms with Gasteiger partial charge in [-0.3, -0.25) is 0 Å². The third kappa shape index (κ3) is 4.75. The Hall–Kier alpha value is -3.10. The van der Waals surface area contributed by atoms with Crippen LogP contribution in [0.25, 0.3) is 22.9 Å². The van der Waals surface area contributed by atoms with Crippen LogP contribution >= 0.6 is 11.3 Å². The average Bonchev–Trinajstić information content (AvgIpc) is 3.18. The summed E-state index contributed by atoms with van der Waals surface area (Å²) in [5, 5.41) is 12.2. The van der Waals surface area contributed by atoms with E-state index >= 15 is 0 Å². The van der Waals surface area contributed by atoms with Crippen LogP contribution in [-0.4, -0.2) is 18.2 Å². The number of hydrogen-bond acceptors (Lipinski definition) is 5. The summed E-state index contributed by atoms with van der Waals surface area (Å²) in [6.45, 7) is 5.18. The highest BCUT2D eigenvalue weighted by Crippen LogP contribution is 2.28. The van der Waals surface area contributed by atoms with Gasteiger partial charge in [0.15, 0.2) is 0 Å². The number of aromatic nitrogens is 1. The van der Waals surface area contributed by atoms with Crippen molar-refractivity contribution >= 4 is 23.0 Å². The van der Waals surface area contributed by atoms with Crippen molar-refractivity contribution in [3.8, 4) is 28.8 Å². The Bertz CT molecular complexity index is 951. The van der Waals surface area contributed by atoms with Crippen LogP contribution in [0.5, 0.6) is 11.5 Å². The van der Waals surface area contributed by atoms with Gasteiger partial charge in [0.2, 0.25) is 0 Å². The fourth-order valence-electron chi connectivity index (χ4n) is 2.55. The molecule has 0 aliphatic rings. The fourth-order valence-corrected chi connectivity index (χ4v) is 3.35. The summed E-state index contributed by atoms with van der Waals surface area (Å²) < 4.78 is 10.9. The largest absolute Gasteiger partial charge is 0.494 e. The van der Waals surface area contributed by atoms with Gasteiger partial charge in [-0.25, -0.2) is 4.98 Å². The minimum atomic E-state index is 0.543. The smallest absolute Gasteiger partial charge is 0.134 e. The Kier molecular flexibility index (Phi) is 6.24. The van der Waals surface area contributed by atoms with Crippen molar-refractivity contribution < 1.29 is 9.47 Å². The monoisotopic (exact) mass is 376 g/mol. The molecule has 0 aliphatic heterocycles. The highest BCUT2D eigenvalue weighted by atomic mass is 32.1. The van der Waals surface area contributed by atoms with Crippen molar-refractivity contribution in [3.63, 3.8) is 0 Å². The van der Waals surface area contributed by atoms with Crippen LogP contribution in [0.2, 0.25) is 0 Å². The minimum Gasteiger partial charge on any atom is -0.494 e. The standard InChI is InChI=1S/C22H20N2O2S/c1-3-25-19-9-5-16(6-10-19)13-18(14-23)22-24-21(15-27-22)17-7-11-20(12-8-17)26-4-2/h5-13,15H,3-4H2,1-2H3. The van der Waals surface area contributed by atoms with E-state index in [1.165, 1.54) is 11.3 Å². The van der Waals surface area contributed by atoms with Crippen molar-refractivity contribution in [1.29, 1.82) is 5.26 Å². The number of benzene rings is 2. The molecule has 27 heavy (non-hydrogen) atoms. The molecular formula is C22H20N2O2S. The Morgan fingerprint density at radius 3 is 2.15 bits per heavy atom. The van der Waals surface area contributed by atoms with E-state index in [1.54, 1.807) is 0 Å². The zero-order chi connectivity index (χ0) is 19.1. The maximum Gasteiger partial charge on any atom is 0.134 e. The summed E-state index contributed by atoms with van der Waals surface area (Å²) in [4.78, 5) is 4.63. The molecule has 136 valence electrons. The van der Waals surface area contributed by atoms with Crippen LogP contribution in [0.1, 0.15) is 24.4 Å². The van der Waals surface area contributed by atoms with Gasteiger partial charge in [-0.05, 0) is 61.9 Å². The SMILES string of the molecule is CCOc1ccc(C=C(C#N)c2nc(-c3ccc(OCC)cc3)cs2)cc1. The second kappa shape index (κ2) is 9.02. The second-order valence-corrected chi connectivity index (χ2v) is 6.53. The van der Waals surface area contributed by atoms with Gasteiger partial charge in [-0.15, -0.1) is 11.3 Å². The molecule has 1 aromatic heterocycles. The van der Waals surface area contributed by atoms with Gasteiger partial charge in [-0.2, -0.15) is 5.26 Å². The van der Waals surface area contributed by atoms with E-state index in [9.17, 15) is 5.26 Å². The lowest BCUT2D eigenvalue weighted by Crippen LogP contribution is -1.91. The second-order valence-electron chi connectivity index (χ2n) is 5.67. The van der Waals surface area contributed by atoms with Gasteiger partial charge in [0.05, 0.1) is 24.5 Å². The van der Waals surface area contributed by atoms with Crippen molar-refractivity contribution in [2.24, 2.45) is 0 Å². The van der Waals surface area contributed by atoms with Crippen molar-refractivity contribution in [2.45, 2.75) is 13.8 Å². The number of ether oxygens (including phenoxy) is 2. The lowest BCUT2D eigenvalue weighted by atomic mass is 10.1. The van der Waals surface area contributed by atoms with Crippen LogP contribution in [0.15, 0.2) is 53.9 Å². The molecule has 2 aromatic carbocycles. The number of thiazole rings is 1. The van der Waals surface area contributed by atoms with Crippen molar-refractivity contribution in [2.75, 3.05) is 13.2 Å². The molecule has 0 radical (unpaired) electrons. The Morgan fingerprint density at radius 2 is 1.59 bits per heavy atom. The first-order valence-electron chi connectivity index (χ1n) is 8.77. The third-order valence-corrected chi connectivity index (χ3v) is 4.69. The van der Waals surface area contributed by atoms with Gasteiger partial charge >= 0.3 is 0 Å². The van der Waals surface area contributed by atoms with Crippen LogP contribution < -0.4 is 9.47 Å². The zero-order valence-corrected chi connectivity index (χ0v) is 16.1. The lowest BCUT2D eigenvalue weighted by Gasteiger charge is -2.03. The van der Waals surface area contributed by atoms with E-state index < -0.39 is 0 Å². The summed E-state index contributed by atoms with van der Waals surface area (Å²) in [5.41, 5.74) is 3.33. The molecular weight excluding hydrogens is 356 g/mol. The van der Waals surface area contributed by atoms with E-state index in [2.05, 4.69) is 11.1 Å². The molecule has 0 bridgehead atoms. The molecule has 0 unspecified atom stereocenters. The molecule has 5 heteroatoms. The van der Waals surface area contributed by atoms with Gasteiger partial charge in [-0.1, -0.05) is 12.1 Å². The maximum absolute atomic E-state index is 9.56. The highest BCUT2D eigenvalue weighted by Gasteiger charge is 2.09. The van der Waals surface area contributed by atoms with E-state index in [-0.39, 0.29) is 0 Å². The molecule has 3 rings (SSSR count). The molecule has 0 fully saturated rings. The van der Waals surface area contributed by atoms with E-state index in [0.29, 0.717) is 23.8 Å². The highest BCUT2D eigenvalue weighted by molar-refractivity contribution is 7.11. The number of allylic oxidation sites excluding steroid dienone is 1. The fraction of sp³-hybridized carbons (Fsp3) is 0.182. The van der Waals surface area contributed by atoms with Crippen LogP contribution in [0, 0.1) is 11.3 Å². The Balaban J connectivity index is 1.81. The predicted octanol–water partition coefficient (Wildman–Crippen LogP) is 5.67. The Labute approximate surface area is 163 Å². The quantitative estimate of drug-likeness (QED) is 0.498. The topological polar surface area (TPSA) is 55.1 Å². The third-order valence-electron chi connectivity index (χ3n) is 3.82. The van der Waals surface area contributed by atoms with Crippen molar-refractivity contribution in [1.82, 2.24) is 4.98 Å². The molecule has 0 saturated carbocycles. The number of hydrogen-bond donors (Lipinski definition) is 0. The molecule has 0 aliphatic carbocycles. The summed E-state index contributed by atoms with van der Waals surface area (Å²) in [6, 6.07) is 17.7. The van der Waals surface area contributed by atoms with Crippen molar-refractivity contribution in [3.05, 3.63) is 64.5 Å². The molecule has 0 saturated heterocycles. The normalized spacial score (nSPS) is 11.1. The number of nitrogens with zero attached hydrogens (tertiary/aromatic N) is 2. The first kappa shape index (κ1) is 18.7. The number of rotatable bonds is 7. The maximum atomic E-state index is 9.56. The van der Waals surface area contributed by atoms with Gasteiger partial charge in [0.25, 0.3) is 0 Å². The first-order valence-corrected chi connectivity index (χ1v) is 9.65. The molecule has 0 N–H and O–H groups in total. The van der Waals surface area contributed by atoms with E-state index in [1.807, 2.05) is 73.8 Å². The molecule has 3 aromatic rings. The molecule has 4 nitrogen and oxygen atoms in total. The Morgan fingerprint density at radius 1 is 1.00 bits per heavy atom. The molecule has 0 spiro atoms. The van der Waals surface area contributed by atoms with E-state index in [0.717, 1.165) is 28.3 Å². The molecule has 1 heterocycles. The predicted molar refractivity (Wildman–Crippen MR) is 110 cm³/mol. The average molecular weight is 376 g/mol. The van der Waals surface area contributed by atoms with Gasteiger partial charge < -0.3 is 9.47 Å². The summed E-state index contributed by atoms with van der Waals surface area (Å²) in [7, 11) is 0. The van der Waals surface area contributed by atoms with Crippen LogP contribution in [0.3, 0.4) is 0 Å². The van der Waals surface area contributed by atoms with Crippen LogP contribution in [0.4, 0.5) is 0 Å². The zero-order valence-electron chi connectivity index (χ0n) is 15.3. The number of nitriles is 1. The first-order chi connectivity index (χ1) is 13.2. The summed E-state index contributed by atoms with van der Waals surface area (Å²) >= 11 is 1.46. The van der Waals surface area contributed by atoms with E-state index in [4.69, 9.17) is 9.47 Å². The summed E-state index contributed by atoms with van der Waals surface area (Å²) in [5.74, 6) is 1.66. The van der Waals surface area contributed by atoms with Crippen LogP contribution in [-0.2, 0) is 0 Å². The summed E-state index contributed by atoms with van der Waals surface area (Å²) in [6.07, 6.45) is 1.84. The van der Waals surface area contributed by atoms with Gasteiger partial charge in [0, 0.05) is 10.9 Å². The van der Waals surface area contributed by atoms with Gasteiger partial charge in [0.1, 0.15) is 22.6 Å². The molecule has 0 amide bonds.